The van der Waals surface area contributed by atoms with E-state index in [1.54, 1.807) is 35.2 Å². The summed E-state index contributed by atoms with van der Waals surface area (Å²) in [7, 11) is 0. The fraction of sp³-hybridized carbons (Fsp3) is 0.0769. The SMILES string of the molecule is OCc1ccc(Oc2nccn3nccc23)cc1. The summed E-state index contributed by atoms with van der Waals surface area (Å²) < 4.78 is 7.39. The van der Waals surface area contributed by atoms with Crippen molar-refractivity contribution in [2.75, 3.05) is 0 Å². The van der Waals surface area contributed by atoms with E-state index >= 15 is 0 Å². The van der Waals surface area contributed by atoms with E-state index in [9.17, 15) is 0 Å². The number of hydrogen-bond acceptors (Lipinski definition) is 4. The molecule has 0 fully saturated rings. The lowest BCUT2D eigenvalue weighted by Gasteiger charge is -2.06. The Kier molecular flexibility index (Phi) is 2.66. The fourth-order valence-electron chi connectivity index (χ4n) is 1.69. The molecule has 0 aliphatic heterocycles. The molecular formula is C13H11N3O2. The predicted molar refractivity (Wildman–Crippen MR) is 65.4 cm³/mol. The summed E-state index contributed by atoms with van der Waals surface area (Å²) in [6, 6.07) is 9.06. The summed E-state index contributed by atoms with van der Waals surface area (Å²) in [6.07, 6.45) is 5.09. The summed E-state index contributed by atoms with van der Waals surface area (Å²) in [4.78, 5) is 4.18. The molecule has 0 radical (unpaired) electrons. The van der Waals surface area contributed by atoms with Gasteiger partial charge in [0.2, 0.25) is 5.88 Å². The first-order valence-corrected chi connectivity index (χ1v) is 5.53. The van der Waals surface area contributed by atoms with E-state index in [1.807, 2.05) is 18.2 Å². The highest BCUT2D eigenvalue weighted by atomic mass is 16.5. The maximum atomic E-state index is 8.97. The average molecular weight is 241 g/mol. The molecule has 2 aromatic heterocycles. The lowest BCUT2D eigenvalue weighted by atomic mass is 10.2. The van der Waals surface area contributed by atoms with E-state index in [0.29, 0.717) is 11.6 Å². The van der Waals surface area contributed by atoms with Gasteiger partial charge >= 0.3 is 0 Å². The molecule has 0 spiro atoms. The third kappa shape index (κ3) is 1.91. The monoisotopic (exact) mass is 241 g/mol. The molecule has 1 N–H and O–H groups in total. The Morgan fingerprint density at radius 2 is 1.94 bits per heavy atom. The number of ether oxygens (including phenoxy) is 1. The first-order chi connectivity index (χ1) is 8.86. The van der Waals surface area contributed by atoms with Crippen LogP contribution in [0, 0.1) is 0 Å². The standard InChI is InChI=1S/C13H11N3O2/c17-9-10-1-3-11(4-2-10)18-13-12-5-6-15-16(12)8-7-14-13/h1-8,17H,9H2. The van der Waals surface area contributed by atoms with Crippen molar-refractivity contribution in [2.45, 2.75) is 6.61 Å². The van der Waals surface area contributed by atoms with Gasteiger partial charge in [-0.1, -0.05) is 12.1 Å². The first kappa shape index (κ1) is 10.7. The first-order valence-electron chi connectivity index (χ1n) is 5.53. The van der Waals surface area contributed by atoms with Crippen LogP contribution < -0.4 is 4.74 Å². The van der Waals surface area contributed by atoms with Crippen molar-refractivity contribution in [3.8, 4) is 11.6 Å². The quantitative estimate of drug-likeness (QED) is 0.762. The van der Waals surface area contributed by atoms with Crippen LogP contribution in [0.15, 0.2) is 48.9 Å². The number of hydrogen-bond donors (Lipinski definition) is 1. The van der Waals surface area contributed by atoms with Crippen LogP contribution in [0.3, 0.4) is 0 Å². The van der Waals surface area contributed by atoms with Crippen LogP contribution in [0.25, 0.3) is 5.52 Å². The number of aromatic nitrogens is 3. The topological polar surface area (TPSA) is 59.7 Å². The Balaban J connectivity index is 1.93. The number of nitrogens with zero attached hydrogens (tertiary/aromatic N) is 3. The summed E-state index contributed by atoms with van der Waals surface area (Å²) in [6.45, 7) is 0.0245. The lowest BCUT2D eigenvalue weighted by molar-refractivity contribution is 0.281. The van der Waals surface area contributed by atoms with E-state index < -0.39 is 0 Å². The minimum Gasteiger partial charge on any atom is -0.437 e. The summed E-state index contributed by atoms with van der Waals surface area (Å²) >= 11 is 0. The molecule has 0 saturated carbocycles. The van der Waals surface area contributed by atoms with Gasteiger partial charge in [-0.2, -0.15) is 5.10 Å². The summed E-state index contributed by atoms with van der Waals surface area (Å²) in [5.74, 6) is 1.18. The molecular weight excluding hydrogens is 230 g/mol. The van der Waals surface area contributed by atoms with Gasteiger partial charge in [0.05, 0.1) is 12.8 Å². The number of benzene rings is 1. The molecule has 1 aromatic carbocycles. The Labute approximate surface area is 103 Å². The van der Waals surface area contributed by atoms with Gasteiger partial charge < -0.3 is 9.84 Å². The normalized spacial score (nSPS) is 10.7. The van der Waals surface area contributed by atoms with Gasteiger partial charge in [0.15, 0.2) is 0 Å². The van der Waals surface area contributed by atoms with Crippen molar-refractivity contribution in [1.29, 1.82) is 0 Å². The van der Waals surface area contributed by atoms with Gasteiger partial charge in [-0.05, 0) is 23.8 Å². The second-order valence-electron chi connectivity index (χ2n) is 3.80. The average Bonchev–Trinajstić information content (AvgIpc) is 2.89. The van der Waals surface area contributed by atoms with Crippen molar-refractivity contribution in [3.05, 3.63) is 54.5 Å². The van der Waals surface area contributed by atoms with Gasteiger partial charge in [-0.15, -0.1) is 0 Å². The van der Waals surface area contributed by atoms with Gasteiger partial charge in [-0.3, -0.25) is 0 Å². The second-order valence-corrected chi connectivity index (χ2v) is 3.80. The number of fused-ring (bicyclic) bond motifs is 1. The van der Waals surface area contributed by atoms with Crippen LogP contribution in [0.4, 0.5) is 0 Å². The van der Waals surface area contributed by atoms with Crippen molar-refractivity contribution in [1.82, 2.24) is 14.6 Å². The highest BCUT2D eigenvalue weighted by molar-refractivity contribution is 5.56. The van der Waals surface area contributed by atoms with E-state index in [2.05, 4.69) is 10.1 Å². The van der Waals surface area contributed by atoms with Crippen molar-refractivity contribution >= 4 is 5.52 Å². The Bertz CT molecular complexity index is 661. The minimum atomic E-state index is 0.0245. The Hall–Kier alpha value is -2.40. The van der Waals surface area contributed by atoms with Gasteiger partial charge in [-0.25, -0.2) is 9.50 Å². The third-order valence-corrected chi connectivity index (χ3v) is 2.61. The van der Waals surface area contributed by atoms with E-state index in [-0.39, 0.29) is 6.61 Å². The van der Waals surface area contributed by atoms with Gasteiger partial charge in [0.25, 0.3) is 0 Å². The van der Waals surface area contributed by atoms with Crippen molar-refractivity contribution < 1.29 is 9.84 Å². The molecule has 2 heterocycles. The highest BCUT2D eigenvalue weighted by Gasteiger charge is 2.05. The maximum Gasteiger partial charge on any atom is 0.245 e. The molecule has 0 amide bonds. The zero-order valence-corrected chi connectivity index (χ0v) is 9.52. The van der Waals surface area contributed by atoms with Gasteiger partial charge in [0.1, 0.15) is 11.3 Å². The smallest absolute Gasteiger partial charge is 0.245 e. The fourth-order valence-corrected chi connectivity index (χ4v) is 1.69. The van der Waals surface area contributed by atoms with Crippen molar-refractivity contribution in [2.24, 2.45) is 0 Å². The molecule has 0 bridgehead atoms. The molecule has 3 aromatic rings. The Morgan fingerprint density at radius 3 is 2.72 bits per heavy atom. The third-order valence-electron chi connectivity index (χ3n) is 2.61. The molecule has 5 heteroatoms. The molecule has 0 atom stereocenters. The lowest BCUT2D eigenvalue weighted by Crippen LogP contribution is -1.93. The number of aliphatic hydroxyl groups excluding tert-OH is 1. The molecule has 0 saturated heterocycles. The van der Waals surface area contributed by atoms with Crippen molar-refractivity contribution in [3.63, 3.8) is 0 Å². The summed E-state index contributed by atoms with van der Waals surface area (Å²) in [5, 5.41) is 13.1. The molecule has 0 aliphatic carbocycles. The predicted octanol–water partition coefficient (Wildman–Crippen LogP) is 2.01. The second kappa shape index (κ2) is 4.46. The van der Waals surface area contributed by atoms with Gasteiger partial charge in [0, 0.05) is 12.4 Å². The van der Waals surface area contributed by atoms with E-state index in [1.165, 1.54) is 0 Å². The minimum absolute atomic E-state index is 0.0245. The van der Waals surface area contributed by atoms with Crippen LogP contribution in [-0.2, 0) is 6.61 Å². The summed E-state index contributed by atoms with van der Waals surface area (Å²) in [5.41, 5.74) is 1.65. The molecule has 0 unspecified atom stereocenters. The molecule has 18 heavy (non-hydrogen) atoms. The van der Waals surface area contributed by atoms with E-state index in [4.69, 9.17) is 9.84 Å². The van der Waals surface area contributed by atoms with Crippen LogP contribution in [0.1, 0.15) is 5.56 Å². The molecule has 0 aliphatic rings. The number of aliphatic hydroxyl groups is 1. The van der Waals surface area contributed by atoms with Crippen LogP contribution in [-0.4, -0.2) is 19.7 Å². The zero-order valence-electron chi connectivity index (χ0n) is 9.52. The molecule has 90 valence electrons. The molecule has 3 rings (SSSR count). The Morgan fingerprint density at radius 1 is 1.11 bits per heavy atom. The van der Waals surface area contributed by atoms with Crippen LogP contribution in [0.5, 0.6) is 11.6 Å². The largest absolute Gasteiger partial charge is 0.437 e. The number of rotatable bonds is 3. The van der Waals surface area contributed by atoms with Crippen LogP contribution >= 0.6 is 0 Å². The zero-order chi connectivity index (χ0) is 12.4. The maximum absolute atomic E-state index is 8.97. The van der Waals surface area contributed by atoms with E-state index in [0.717, 1.165) is 11.1 Å². The highest BCUT2D eigenvalue weighted by Crippen LogP contribution is 2.23. The van der Waals surface area contributed by atoms with Crippen LogP contribution in [0.2, 0.25) is 0 Å². The molecule has 5 nitrogen and oxygen atoms in total.